The van der Waals surface area contributed by atoms with Crippen LogP contribution in [0.2, 0.25) is 0 Å². The van der Waals surface area contributed by atoms with Gasteiger partial charge in [-0.25, -0.2) is 9.18 Å². The maximum atomic E-state index is 15.1. The molecule has 0 heterocycles. The number of primary amides is 1. The average molecular weight is 371 g/mol. The summed E-state index contributed by atoms with van der Waals surface area (Å²) in [5.74, 6) is 0.474. The highest BCUT2D eigenvalue weighted by Gasteiger charge is 2.39. The van der Waals surface area contributed by atoms with Crippen molar-refractivity contribution in [2.45, 2.75) is 46.6 Å². The molecule has 1 aliphatic rings. The molecule has 1 amide bonds. The first kappa shape index (κ1) is 19.2. The van der Waals surface area contributed by atoms with Crippen LogP contribution in [0.4, 0.5) is 9.18 Å². The first-order valence-electron chi connectivity index (χ1n) is 9.08. The zero-order valence-electron chi connectivity index (χ0n) is 16.5. The van der Waals surface area contributed by atoms with Crippen molar-refractivity contribution < 1.29 is 18.7 Å². The Morgan fingerprint density at radius 1 is 1.19 bits per heavy atom. The maximum absolute atomic E-state index is 15.1. The highest BCUT2D eigenvalue weighted by Crippen LogP contribution is 2.47. The van der Waals surface area contributed by atoms with Gasteiger partial charge in [0.1, 0.15) is 17.7 Å². The maximum Gasteiger partial charge on any atom is 0.405 e. The second-order valence-electron chi connectivity index (χ2n) is 7.98. The minimum Gasteiger partial charge on any atom is -0.496 e. The number of carbonyl (C=O) groups excluding carboxylic acids is 1. The first-order chi connectivity index (χ1) is 12.6. The molecule has 0 radical (unpaired) electrons. The second-order valence-corrected chi connectivity index (χ2v) is 7.98. The fourth-order valence-electron chi connectivity index (χ4n) is 4.09. The molecule has 0 spiro atoms. The summed E-state index contributed by atoms with van der Waals surface area (Å²) in [6.07, 6.45) is 0.222. The summed E-state index contributed by atoms with van der Waals surface area (Å²) < 4.78 is 25.8. The van der Waals surface area contributed by atoms with Gasteiger partial charge in [-0.2, -0.15) is 0 Å². The molecule has 5 heteroatoms. The minimum atomic E-state index is -0.841. The predicted octanol–water partition coefficient (Wildman–Crippen LogP) is 5.23. The number of rotatable bonds is 3. The van der Waals surface area contributed by atoms with Gasteiger partial charge < -0.3 is 15.2 Å². The Labute approximate surface area is 159 Å². The first-order valence-corrected chi connectivity index (χ1v) is 9.08. The van der Waals surface area contributed by atoms with Crippen LogP contribution in [0.1, 0.15) is 48.6 Å². The van der Waals surface area contributed by atoms with Gasteiger partial charge in [0, 0.05) is 11.0 Å². The SMILES string of the molecule is COc1c(C)cc(-c2cc3c(cc2F)[C@H](OC(N)=O)C(C)(C)CC3)cc1C. The van der Waals surface area contributed by atoms with Gasteiger partial charge in [0.05, 0.1) is 7.11 Å². The van der Waals surface area contributed by atoms with Gasteiger partial charge in [-0.3, -0.25) is 0 Å². The van der Waals surface area contributed by atoms with Crippen molar-refractivity contribution in [3.05, 3.63) is 52.3 Å². The molecule has 0 unspecified atom stereocenters. The largest absolute Gasteiger partial charge is 0.496 e. The van der Waals surface area contributed by atoms with Gasteiger partial charge in [0.15, 0.2) is 0 Å². The van der Waals surface area contributed by atoms with E-state index in [4.69, 9.17) is 15.2 Å². The number of aryl methyl sites for hydroxylation is 3. The molecule has 1 atom stereocenters. The van der Waals surface area contributed by atoms with Crippen LogP contribution in [-0.2, 0) is 11.2 Å². The summed E-state index contributed by atoms with van der Waals surface area (Å²) >= 11 is 0. The summed E-state index contributed by atoms with van der Waals surface area (Å²) in [7, 11) is 1.63. The Morgan fingerprint density at radius 3 is 2.37 bits per heavy atom. The van der Waals surface area contributed by atoms with E-state index in [1.54, 1.807) is 7.11 Å². The molecule has 2 aromatic carbocycles. The molecule has 2 N–H and O–H groups in total. The third-order valence-corrected chi connectivity index (χ3v) is 5.47. The third kappa shape index (κ3) is 3.51. The minimum absolute atomic E-state index is 0.302. The zero-order valence-corrected chi connectivity index (χ0v) is 16.5. The zero-order chi connectivity index (χ0) is 19.9. The number of benzene rings is 2. The average Bonchev–Trinajstić information content (AvgIpc) is 2.57. The predicted molar refractivity (Wildman–Crippen MR) is 103 cm³/mol. The lowest BCUT2D eigenvalue weighted by atomic mass is 9.71. The number of methoxy groups -OCH3 is 1. The fraction of sp³-hybridized carbons (Fsp3) is 0.409. The standard InChI is InChI=1S/C22H26FNO3/c1-12-8-15(9-13(2)19(12)26-5)16-10-14-6-7-22(3,4)20(27-21(24)25)17(14)11-18(16)23/h8-11,20H,6-7H2,1-5H3,(H2,24,25)/t20-/m0/s1. The topological polar surface area (TPSA) is 61.6 Å². The molecule has 27 heavy (non-hydrogen) atoms. The number of amides is 1. The summed E-state index contributed by atoms with van der Waals surface area (Å²) in [5.41, 5.74) is 9.91. The van der Waals surface area contributed by atoms with E-state index in [1.165, 1.54) is 6.07 Å². The van der Waals surface area contributed by atoms with Crippen LogP contribution in [0.25, 0.3) is 11.1 Å². The van der Waals surface area contributed by atoms with Crippen LogP contribution in [0.5, 0.6) is 5.75 Å². The Kier molecular flexibility index (Phi) is 4.89. The van der Waals surface area contributed by atoms with Gasteiger partial charge in [-0.15, -0.1) is 0 Å². The van der Waals surface area contributed by atoms with Crippen LogP contribution >= 0.6 is 0 Å². The van der Waals surface area contributed by atoms with E-state index in [1.807, 2.05) is 45.9 Å². The number of halogens is 1. The number of carbonyl (C=O) groups is 1. The highest BCUT2D eigenvalue weighted by atomic mass is 19.1. The second kappa shape index (κ2) is 6.87. The molecule has 3 rings (SSSR count). The van der Waals surface area contributed by atoms with Crippen LogP contribution in [-0.4, -0.2) is 13.2 Å². The van der Waals surface area contributed by atoms with Crippen molar-refractivity contribution in [1.82, 2.24) is 0 Å². The van der Waals surface area contributed by atoms with E-state index < -0.39 is 12.2 Å². The molecule has 0 aromatic heterocycles. The van der Waals surface area contributed by atoms with Gasteiger partial charge in [-0.05, 0) is 78.8 Å². The fourth-order valence-corrected chi connectivity index (χ4v) is 4.09. The van der Waals surface area contributed by atoms with Crippen molar-refractivity contribution in [3.63, 3.8) is 0 Å². The summed E-state index contributed by atoms with van der Waals surface area (Å²) in [6, 6.07) is 7.23. The molecule has 144 valence electrons. The van der Waals surface area contributed by atoms with E-state index in [2.05, 4.69) is 0 Å². The van der Waals surface area contributed by atoms with Crippen molar-refractivity contribution in [3.8, 4) is 16.9 Å². The van der Waals surface area contributed by atoms with Crippen LogP contribution in [0.15, 0.2) is 24.3 Å². The lowest BCUT2D eigenvalue weighted by Crippen LogP contribution is -2.33. The summed E-state index contributed by atoms with van der Waals surface area (Å²) in [6.45, 7) is 7.91. The van der Waals surface area contributed by atoms with E-state index in [-0.39, 0.29) is 11.2 Å². The van der Waals surface area contributed by atoms with Gasteiger partial charge in [-0.1, -0.05) is 13.8 Å². The Hall–Kier alpha value is -2.56. The van der Waals surface area contributed by atoms with Crippen molar-refractivity contribution in [2.24, 2.45) is 11.1 Å². The van der Waals surface area contributed by atoms with Crippen molar-refractivity contribution >= 4 is 6.09 Å². The van der Waals surface area contributed by atoms with Crippen LogP contribution in [0.3, 0.4) is 0 Å². The molecule has 4 nitrogen and oxygen atoms in total. The molecule has 0 saturated carbocycles. The van der Waals surface area contributed by atoms with Crippen LogP contribution < -0.4 is 10.5 Å². The van der Waals surface area contributed by atoms with Crippen LogP contribution in [0, 0.1) is 25.1 Å². The number of nitrogens with two attached hydrogens (primary N) is 1. The third-order valence-electron chi connectivity index (χ3n) is 5.47. The van der Waals surface area contributed by atoms with Crippen molar-refractivity contribution in [2.75, 3.05) is 7.11 Å². The molecular formula is C22H26FNO3. The summed E-state index contributed by atoms with van der Waals surface area (Å²) in [4.78, 5) is 11.4. The molecule has 0 bridgehead atoms. The molecule has 0 fully saturated rings. The number of hydrogen-bond donors (Lipinski definition) is 1. The van der Waals surface area contributed by atoms with Gasteiger partial charge in [0.25, 0.3) is 0 Å². The lowest BCUT2D eigenvalue weighted by Gasteiger charge is -2.39. The number of ether oxygens (including phenoxy) is 2. The monoisotopic (exact) mass is 371 g/mol. The highest BCUT2D eigenvalue weighted by molar-refractivity contribution is 5.70. The summed E-state index contributed by atoms with van der Waals surface area (Å²) in [5, 5.41) is 0. The lowest BCUT2D eigenvalue weighted by molar-refractivity contribution is 0.0145. The van der Waals surface area contributed by atoms with E-state index in [0.29, 0.717) is 11.1 Å². The molecule has 0 aliphatic heterocycles. The van der Waals surface area contributed by atoms with E-state index in [0.717, 1.165) is 40.8 Å². The Balaban J connectivity index is 2.11. The quantitative estimate of drug-likeness (QED) is 0.804. The van der Waals surface area contributed by atoms with Crippen molar-refractivity contribution in [1.29, 1.82) is 0 Å². The number of hydrogen-bond acceptors (Lipinski definition) is 3. The Bertz CT molecular complexity index is 882. The Morgan fingerprint density at radius 2 is 1.81 bits per heavy atom. The normalized spacial score (nSPS) is 17.9. The van der Waals surface area contributed by atoms with E-state index >= 15 is 4.39 Å². The number of fused-ring (bicyclic) bond motifs is 1. The molecular weight excluding hydrogens is 345 g/mol. The van der Waals surface area contributed by atoms with Gasteiger partial charge >= 0.3 is 6.09 Å². The smallest absolute Gasteiger partial charge is 0.405 e. The molecule has 1 aliphatic carbocycles. The molecule has 2 aromatic rings. The molecule has 0 saturated heterocycles. The van der Waals surface area contributed by atoms with Gasteiger partial charge in [0.2, 0.25) is 0 Å². The van der Waals surface area contributed by atoms with E-state index in [9.17, 15) is 4.79 Å².